The lowest BCUT2D eigenvalue weighted by Crippen LogP contribution is -2.58. The Balaban J connectivity index is 1.46. The molecule has 2 atom stereocenters. The summed E-state index contributed by atoms with van der Waals surface area (Å²) in [4.78, 5) is 17.9. The second-order valence-electron chi connectivity index (χ2n) is 10.3. The summed E-state index contributed by atoms with van der Waals surface area (Å²) in [5.41, 5.74) is 4.21. The summed E-state index contributed by atoms with van der Waals surface area (Å²) in [6.07, 6.45) is 6.90. The third kappa shape index (κ3) is 2.34. The first kappa shape index (κ1) is 16.3. The predicted octanol–water partition coefficient (Wildman–Crippen LogP) is 5.38. The quantitative estimate of drug-likeness (QED) is 0.789. The molecule has 1 N–H and O–H groups in total. The van der Waals surface area contributed by atoms with Gasteiger partial charge in [-0.15, -0.1) is 0 Å². The van der Waals surface area contributed by atoms with Crippen molar-refractivity contribution in [3.8, 4) is 0 Å². The maximum Gasteiger partial charge on any atom is 0.302 e. The van der Waals surface area contributed by atoms with E-state index in [1.54, 1.807) is 0 Å². The largest absolute Gasteiger partial charge is 0.423 e. The number of anilines is 1. The molecule has 26 heavy (non-hydrogen) atoms. The molecule has 1 heterocycles. The molecule has 0 radical (unpaired) electrons. The van der Waals surface area contributed by atoms with Gasteiger partial charge in [-0.25, -0.2) is 0 Å². The fourth-order valence-corrected chi connectivity index (χ4v) is 7.36. The van der Waals surface area contributed by atoms with Gasteiger partial charge in [0.2, 0.25) is 5.91 Å². The van der Waals surface area contributed by atoms with Crippen molar-refractivity contribution in [3.63, 3.8) is 0 Å². The SMILES string of the molecule is Cc1cc(C)c2oc(NC(=O)C34CC5CC(C)(CC(C)(C5)C3)C4)nc2c1. The highest BCUT2D eigenvalue weighted by Crippen LogP contribution is 2.69. The minimum Gasteiger partial charge on any atom is -0.423 e. The first-order valence-corrected chi connectivity index (χ1v) is 9.87. The van der Waals surface area contributed by atoms with Gasteiger partial charge in [-0.2, -0.15) is 4.98 Å². The molecule has 4 aliphatic carbocycles. The van der Waals surface area contributed by atoms with E-state index in [0.29, 0.717) is 22.8 Å². The van der Waals surface area contributed by atoms with Gasteiger partial charge in [0.1, 0.15) is 5.52 Å². The molecule has 2 unspecified atom stereocenters. The molecule has 1 amide bonds. The lowest BCUT2D eigenvalue weighted by molar-refractivity contribution is -0.165. The van der Waals surface area contributed by atoms with Crippen LogP contribution in [0.1, 0.15) is 63.5 Å². The molecule has 0 aliphatic heterocycles. The topological polar surface area (TPSA) is 55.1 Å². The molecule has 4 saturated carbocycles. The van der Waals surface area contributed by atoms with Gasteiger partial charge < -0.3 is 4.42 Å². The zero-order chi connectivity index (χ0) is 18.3. The lowest BCUT2D eigenvalue weighted by Gasteiger charge is -2.64. The summed E-state index contributed by atoms with van der Waals surface area (Å²) >= 11 is 0. The minimum absolute atomic E-state index is 0.125. The van der Waals surface area contributed by atoms with E-state index in [0.717, 1.165) is 41.5 Å². The molecule has 6 rings (SSSR count). The van der Waals surface area contributed by atoms with Crippen LogP contribution in [0, 0.1) is 36.0 Å². The highest BCUT2D eigenvalue weighted by atomic mass is 16.4. The first-order valence-electron chi connectivity index (χ1n) is 9.87. The van der Waals surface area contributed by atoms with E-state index < -0.39 is 0 Å². The molecule has 0 spiro atoms. The van der Waals surface area contributed by atoms with Gasteiger partial charge in [0.15, 0.2) is 5.58 Å². The van der Waals surface area contributed by atoms with Crippen LogP contribution in [0.25, 0.3) is 11.1 Å². The zero-order valence-corrected chi connectivity index (χ0v) is 16.2. The average molecular weight is 352 g/mol. The number of hydrogen-bond donors (Lipinski definition) is 1. The molecule has 138 valence electrons. The Morgan fingerprint density at radius 1 is 1.12 bits per heavy atom. The van der Waals surface area contributed by atoms with E-state index >= 15 is 0 Å². The lowest BCUT2D eigenvalue weighted by atomic mass is 9.40. The van der Waals surface area contributed by atoms with Crippen molar-refractivity contribution in [2.45, 2.75) is 66.2 Å². The van der Waals surface area contributed by atoms with Crippen molar-refractivity contribution in [2.75, 3.05) is 5.32 Å². The number of rotatable bonds is 2. The van der Waals surface area contributed by atoms with Crippen LogP contribution in [0.2, 0.25) is 0 Å². The molecule has 4 fully saturated rings. The Hall–Kier alpha value is -1.84. The van der Waals surface area contributed by atoms with Gasteiger partial charge in [0.05, 0.1) is 5.41 Å². The molecule has 4 nitrogen and oxygen atoms in total. The number of carbonyl (C=O) groups excluding carboxylic acids is 1. The van der Waals surface area contributed by atoms with Gasteiger partial charge in [-0.1, -0.05) is 19.9 Å². The number of fused-ring (bicyclic) bond motifs is 1. The summed E-state index contributed by atoms with van der Waals surface area (Å²) in [5, 5.41) is 3.05. The summed E-state index contributed by atoms with van der Waals surface area (Å²) < 4.78 is 5.89. The molecule has 1 aromatic carbocycles. The number of amides is 1. The maximum absolute atomic E-state index is 13.4. The number of carbonyl (C=O) groups is 1. The predicted molar refractivity (Wildman–Crippen MR) is 102 cm³/mol. The average Bonchev–Trinajstić information content (AvgIpc) is 2.86. The number of nitrogens with one attached hydrogen (secondary N) is 1. The fourth-order valence-electron chi connectivity index (χ4n) is 7.36. The number of oxazole rings is 1. The second kappa shape index (κ2) is 4.90. The zero-order valence-electron chi connectivity index (χ0n) is 16.2. The Kier molecular flexibility index (Phi) is 3.08. The van der Waals surface area contributed by atoms with Crippen LogP contribution in [0.15, 0.2) is 16.5 Å². The maximum atomic E-state index is 13.4. The summed E-state index contributed by atoms with van der Waals surface area (Å²) in [7, 11) is 0. The first-order chi connectivity index (χ1) is 12.2. The summed E-state index contributed by atoms with van der Waals surface area (Å²) in [6.45, 7) is 8.86. The Morgan fingerprint density at radius 3 is 2.46 bits per heavy atom. The number of benzene rings is 1. The second-order valence-corrected chi connectivity index (χ2v) is 10.3. The standard InChI is InChI=1S/C22H28N2O2/c1-13-5-14(2)17-16(6-13)23-19(26-17)24-18(25)22-9-15-7-20(3,11-22)10-21(4,8-15)12-22/h5-6,15H,7-12H2,1-4H3,(H,23,24,25). The summed E-state index contributed by atoms with van der Waals surface area (Å²) in [5.74, 6) is 0.820. The fraction of sp³-hybridized carbons (Fsp3) is 0.636. The molecule has 2 aromatic rings. The number of nitrogens with zero attached hydrogens (tertiary/aromatic N) is 1. The van der Waals surface area contributed by atoms with Crippen molar-refractivity contribution >= 4 is 23.0 Å². The van der Waals surface area contributed by atoms with E-state index in [9.17, 15) is 4.79 Å². The third-order valence-electron chi connectivity index (χ3n) is 7.15. The van der Waals surface area contributed by atoms with Gasteiger partial charge >= 0.3 is 6.01 Å². The molecule has 4 bridgehead atoms. The van der Waals surface area contributed by atoms with Crippen molar-refractivity contribution in [2.24, 2.45) is 22.2 Å². The molecule has 4 aliphatic rings. The van der Waals surface area contributed by atoms with Crippen LogP contribution < -0.4 is 5.32 Å². The monoisotopic (exact) mass is 352 g/mol. The van der Waals surface area contributed by atoms with Crippen molar-refractivity contribution in [1.82, 2.24) is 4.98 Å². The Bertz CT molecular complexity index is 910. The van der Waals surface area contributed by atoms with E-state index in [-0.39, 0.29) is 11.3 Å². The molecule has 0 saturated heterocycles. The van der Waals surface area contributed by atoms with Crippen LogP contribution >= 0.6 is 0 Å². The molecule has 4 heteroatoms. The molecular weight excluding hydrogens is 324 g/mol. The molecular formula is C22H28N2O2. The van der Waals surface area contributed by atoms with Crippen LogP contribution in [0.5, 0.6) is 0 Å². The van der Waals surface area contributed by atoms with Crippen molar-refractivity contribution in [3.05, 3.63) is 23.3 Å². The van der Waals surface area contributed by atoms with Crippen molar-refractivity contribution in [1.29, 1.82) is 0 Å². The number of hydrogen-bond acceptors (Lipinski definition) is 3. The van der Waals surface area contributed by atoms with Crippen LogP contribution in [0.3, 0.4) is 0 Å². The highest BCUT2D eigenvalue weighted by molar-refractivity contribution is 5.95. The molecule has 1 aromatic heterocycles. The van der Waals surface area contributed by atoms with E-state index in [1.807, 2.05) is 13.0 Å². The van der Waals surface area contributed by atoms with Crippen LogP contribution in [-0.2, 0) is 4.79 Å². The smallest absolute Gasteiger partial charge is 0.302 e. The van der Waals surface area contributed by atoms with Gasteiger partial charge in [0.25, 0.3) is 0 Å². The van der Waals surface area contributed by atoms with E-state index in [4.69, 9.17) is 4.42 Å². The Morgan fingerprint density at radius 2 is 1.81 bits per heavy atom. The number of aryl methyl sites for hydroxylation is 2. The minimum atomic E-state index is -0.242. The number of aromatic nitrogens is 1. The Labute approximate surface area is 154 Å². The van der Waals surface area contributed by atoms with E-state index in [2.05, 4.69) is 37.1 Å². The highest BCUT2D eigenvalue weighted by Gasteiger charge is 2.62. The van der Waals surface area contributed by atoms with Crippen LogP contribution in [0.4, 0.5) is 6.01 Å². The van der Waals surface area contributed by atoms with E-state index in [1.165, 1.54) is 19.3 Å². The van der Waals surface area contributed by atoms with Gasteiger partial charge in [-0.05, 0) is 86.3 Å². The van der Waals surface area contributed by atoms with Crippen molar-refractivity contribution < 1.29 is 9.21 Å². The van der Waals surface area contributed by atoms with Gasteiger partial charge in [0, 0.05) is 0 Å². The summed E-state index contributed by atoms with van der Waals surface area (Å²) in [6, 6.07) is 4.44. The van der Waals surface area contributed by atoms with Gasteiger partial charge in [-0.3, -0.25) is 10.1 Å². The normalized spacial score (nSPS) is 38.1. The van der Waals surface area contributed by atoms with Crippen LogP contribution in [-0.4, -0.2) is 10.9 Å². The third-order valence-corrected chi connectivity index (χ3v) is 7.15.